The van der Waals surface area contributed by atoms with Crippen LogP contribution in [0, 0.1) is 0 Å². The quantitative estimate of drug-likeness (QED) is 0.870. The summed E-state index contributed by atoms with van der Waals surface area (Å²) < 4.78 is 5.30. The van der Waals surface area contributed by atoms with E-state index in [-0.39, 0.29) is 5.91 Å². The molecule has 3 rings (SSSR count). The van der Waals surface area contributed by atoms with Crippen LogP contribution in [0.2, 0.25) is 0 Å². The number of hydrogen-bond donors (Lipinski definition) is 1. The van der Waals surface area contributed by atoms with Gasteiger partial charge in [-0.25, -0.2) is 4.98 Å². The molecule has 1 saturated heterocycles. The van der Waals surface area contributed by atoms with E-state index in [4.69, 9.17) is 4.74 Å². The number of ether oxygens (including phenoxy) is 1. The van der Waals surface area contributed by atoms with Crippen molar-refractivity contribution < 1.29 is 9.53 Å². The highest BCUT2D eigenvalue weighted by molar-refractivity contribution is 7.12. The molecular weight excluding hydrogens is 348 g/mol. The number of pyridine rings is 1. The molecule has 1 aliphatic heterocycles. The average molecular weight is 375 g/mol. The molecule has 140 valence electrons. The van der Waals surface area contributed by atoms with Crippen molar-refractivity contribution in [1.82, 2.24) is 9.88 Å². The van der Waals surface area contributed by atoms with Crippen LogP contribution < -0.4 is 15.0 Å². The van der Waals surface area contributed by atoms with Crippen LogP contribution in [0.15, 0.2) is 29.8 Å². The number of anilines is 2. The highest BCUT2D eigenvalue weighted by Crippen LogP contribution is 2.27. The van der Waals surface area contributed by atoms with Gasteiger partial charge < -0.3 is 19.9 Å². The van der Waals surface area contributed by atoms with Gasteiger partial charge in [-0.2, -0.15) is 0 Å². The third-order valence-electron chi connectivity index (χ3n) is 4.64. The van der Waals surface area contributed by atoms with Crippen molar-refractivity contribution in [2.45, 2.75) is 25.3 Å². The van der Waals surface area contributed by atoms with Crippen LogP contribution in [0.25, 0.3) is 0 Å². The standard InChI is InChI=1S/C19H26N4O2S/c1-22(2)17-7-6-15(13-20-17)21-14-5-4-10-23(11-8-14)19(24)18-16(25-3)9-12-26-18/h6-7,9,12-14,21H,4-5,8,10-11H2,1-3H3/t14-/m0/s1. The first kappa shape index (κ1) is 18.5. The van der Waals surface area contributed by atoms with Gasteiger partial charge >= 0.3 is 0 Å². The van der Waals surface area contributed by atoms with Gasteiger partial charge in [-0.3, -0.25) is 4.79 Å². The molecule has 0 saturated carbocycles. The lowest BCUT2D eigenvalue weighted by Crippen LogP contribution is -2.32. The fourth-order valence-corrected chi connectivity index (χ4v) is 4.00. The van der Waals surface area contributed by atoms with Gasteiger partial charge in [0, 0.05) is 33.2 Å². The summed E-state index contributed by atoms with van der Waals surface area (Å²) in [6, 6.07) is 6.28. The normalized spacial score (nSPS) is 17.5. The Morgan fingerprint density at radius 3 is 2.85 bits per heavy atom. The number of thiophene rings is 1. The van der Waals surface area contributed by atoms with E-state index in [1.54, 1.807) is 7.11 Å². The summed E-state index contributed by atoms with van der Waals surface area (Å²) >= 11 is 1.45. The van der Waals surface area contributed by atoms with Gasteiger partial charge in [-0.15, -0.1) is 11.3 Å². The summed E-state index contributed by atoms with van der Waals surface area (Å²) in [5, 5.41) is 5.46. The second kappa shape index (κ2) is 8.40. The first-order valence-corrected chi connectivity index (χ1v) is 9.77. The fraction of sp³-hybridized carbons (Fsp3) is 0.474. The Balaban J connectivity index is 1.58. The van der Waals surface area contributed by atoms with E-state index in [0.717, 1.165) is 43.9 Å². The minimum atomic E-state index is 0.0782. The van der Waals surface area contributed by atoms with Gasteiger partial charge in [0.05, 0.1) is 19.0 Å². The Hall–Kier alpha value is -2.28. The Morgan fingerprint density at radius 2 is 2.15 bits per heavy atom. The largest absolute Gasteiger partial charge is 0.495 e. The number of carbonyl (C=O) groups excluding carboxylic acids is 1. The monoisotopic (exact) mass is 374 g/mol. The zero-order valence-corrected chi connectivity index (χ0v) is 16.4. The minimum absolute atomic E-state index is 0.0782. The minimum Gasteiger partial charge on any atom is -0.495 e. The molecule has 26 heavy (non-hydrogen) atoms. The molecule has 7 heteroatoms. The number of amides is 1. The van der Waals surface area contributed by atoms with E-state index in [9.17, 15) is 4.79 Å². The van der Waals surface area contributed by atoms with Crippen LogP contribution in [-0.2, 0) is 0 Å². The number of carbonyl (C=O) groups is 1. The lowest BCUT2D eigenvalue weighted by Gasteiger charge is -2.21. The first-order chi connectivity index (χ1) is 12.6. The number of nitrogens with one attached hydrogen (secondary N) is 1. The van der Waals surface area contributed by atoms with Crippen LogP contribution in [0.3, 0.4) is 0 Å². The molecular formula is C19H26N4O2S. The van der Waals surface area contributed by atoms with Crippen LogP contribution in [-0.4, -0.2) is 56.1 Å². The maximum atomic E-state index is 12.8. The molecule has 1 fully saturated rings. The van der Waals surface area contributed by atoms with E-state index >= 15 is 0 Å². The summed E-state index contributed by atoms with van der Waals surface area (Å²) in [4.78, 5) is 21.9. The number of hydrogen-bond acceptors (Lipinski definition) is 6. The van der Waals surface area contributed by atoms with Gasteiger partial charge in [0.15, 0.2) is 0 Å². The molecule has 0 aromatic carbocycles. The van der Waals surface area contributed by atoms with E-state index in [1.807, 2.05) is 47.6 Å². The highest BCUT2D eigenvalue weighted by atomic mass is 32.1. The molecule has 3 heterocycles. The Labute approximate surface area is 158 Å². The molecule has 0 aliphatic carbocycles. The molecule has 2 aromatic heterocycles. The van der Waals surface area contributed by atoms with Crippen molar-refractivity contribution in [3.8, 4) is 5.75 Å². The van der Waals surface area contributed by atoms with Gasteiger partial charge in [-0.05, 0) is 42.8 Å². The van der Waals surface area contributed by atoms with Crippen molar-refractivity contribution >= 4 is 28.7 Å². The summed E-state index contributed by atoms with van der Waals surface area (Å²) in [6.07, 6.45) is 4.83. The average Bonchev–Trinajstić information content (AvgIpc) is 3.01. The van der Waals surface area contributed by atoms with E-state index in [0.29, 0.717) is 16.7 Å². The molecule has 1 N–H and O–H groups in total. The summed E-state index contributed by atoms with van der Waals surface area (Å²) in [5.41, 5.74) is 1.03. The van der Waals surface area contributed by atoms with Crippen LogP contribution in [0.5, 0.6) is 5.75 Å². The lowest BCUT2D eigenvalue weighted by molar-refractivity contribution is 0.0763. The zero-order chi connectivity index (χ0) is 18.5. The second-order valence-electron chi connectivity index (χ2n) is 6.68. The first-order valence-electron chi connectivity index (χ1n) is 8.89. The van der Waals surface area contributed by atoms with Crippen molar-refractivity contribution in [3.05, 3.63) is 34.7 Å². The predicted molar refractivity (Wildman–Crippen MR) is 107 cm³/mol. The molecule has 1 atom stereocenters. The molecule has 1 aliphatic rings. The van der Waals surface area contributed by atoms with Crippen LogP contribution >= 0.6 is 11.3 Å². The van der Waals surface area contributed by atoms with Gasteiger partial charge in [0.1, 0.15) is 16.4 Å². The predicted octanol–water partition coefficient (Wildman–Crippen LogP) is 3.32. The van der Waals surface area contributed by atoms with E-state index < -0.39 is 0 Å². The van der Waals surface area contributed by atoms with Crippen LogP contribution in [0.1, 0.15) is 28.9 Å². The molecule has 2 aromatic rings. The molecule has 0 unspecified atom stereocenters. The van der Waals surface area contributed by atoms with E-state index in [2.05, 4.69) is 16.4 Å². The zero-order valence-electron chi connectivity index (χ0n) is 15.6. The topological polar surface area (TPSA) is 57.7 Å². The second-order valence-corrected chi connectivity index (χ2v) is 7.60. The van der Waals surface area contributed by atoms with E-state index in [1.165, 1.54) is 11.3 Å². The maximum Gasteiger partial charge on any atom is 0.267 e. The van der Waals surface area contributed by atoms with Crippen molar-refractivity contribution in [1.29, 1.82) is 0 Å². The fourth-order valence-electron chi connectivity index (χ4n) is 3.17. The van der Waals surface area contributed by atoms with Gasteiger partial charge in [-0.1, -0.05) is 0 Å². The number of likely N-dealkylation sites (tertiary alicyclic amines) is 1. The van der Waals surface area contributed by atoms with Crippen molar-refractivity contribution in [3.63, 3.8) is 0 Å². The smallest absolute Gasteiger partial charge is 0.267 e. The van der Waals surface area contributed by atoms with Gasteiger partial charge in [0.25, 0.3) is 5.91 Å². The lowest BCUT2D eigenvalue weighted by atomic mass is 10.1. The maximum absolute atomic E-state index is 12.8. The molecule has 6 nitrogen and oxygen atoms in total. The highest BCUT2D eigenvalue weighted by Gasteiger charge is 2.24. The third kappa shape index (κ3) is 4.27. The molecule has 0 radical (unpaired) electrons. The Morgan fingerprint density at radius 1 is 1.31 bits per heavy atom. The Bertz CT molecular complexity index is 729. The van der Waals surface area contributed by atoms with Crippen molar-refractivity contribution in [2.24, 2.45) is 0 Å². The number of nitrogens with zero attached hydrogens (tertiary/aromatic N) is 3. The SMILES string of the molecule is COc1ccsc1C(=O)N1CCC[C@H](Nc2ccc(N(C)C)nc2)CC1. The summed E-state index contributed by atoms with van der Waals surface area (Å²) in [5.74, 6) is 1.69. The van der Waals surface area contributed by atoms with Crippen molar-refractivity contribution in [2.75, 3.05) is 44.5 Å². The van der Waals surface area contributed by atoms with Crippen LogP contribution in [0.4, 0.5) is 11.5 Å². The van der Waals surface area contributed by atoms with Gasteiger partial charge in [0.2, 0.25) is 0 Å². The molecule has 1 amide bonds. The third-order valence-corrected chi connectivity index (χ3v) is 5.52. The number of rotatable bonds is 5. The molecule has 0 bridgehead atoms. The molecule has 0 spiro atoms. The number of aromatic nitrogens is 1. The summed E-state index contributed by atoms with van der Waals surface area (Å²) in [6.45, 7) is 1.54. The number of methoxy groups -OCH3 is 1. The summed E-state index contributed by atoms with van der Waals surface area (Å²) in [7, 11) is 5.57. The Kier molecular flexibility index (Phi) is 5.98.